The first-order valence-corrected chi connectivity index (χ1v) is 6.30. The molecule has 92 valence electrons. The molecule has 1 rings (SSSR count). The van der Waals surface area contributed by atoms with Crippen LogP contribution in [-0.2, 0) is 9.53 Å². The second-order valence-corrected chi connectivity index (χ2v) is 3.97. The zero-order chi connectivity index (χ0) is 12.8. The number of thioether (sulfide) groups is 1. The van der Waals surface area contributed by atoms with Gasteiger partial charge in [0.15, 0.2) is 0 Å². The average Bonchev–Trinajstić information content (AvgIpc) is 2.37. The summed E-state index contributed by atoms with van der Waals surface area (Å²) >= 11 is 1.45. The summed E-state index contributed by atoms with van der Waals surface area (Å²) in [5, 5.41) is 0. The Labute approximate surface area is 104 Å². The molecule has 0 saturated heterocycles. The molecule has 0 N–H and O–H groups in total. The molecule has 17 heavy (non-hydrogen) atoms. The maximum atomic E-state index is 11.7. The summed E-state index contributed by atoms with van der Waals surface area (Å²) in [4.78, 5) is 23.8. The summed E-state index contributed by atoms with van der Waals surface area (Å²) in [6.45, 7) is 1.85. The van der Waals surface area contributed by atoms with Gasteiger partial charge in [0.2, 0.25) is 0 Å². The second kappa shape index (κ2) is 6.30. The Hall–Kier alpha value is -1.49. The highest BCUT2D eigenvalue weighted by Crippen LogP contribution is 2.28. The van der Waals surface area contributed by atoms with Gasteiger partial charge in [0.05, 0.1) is 13.7 Å². The summed E-state index contributed by atoms with van der Waals surface area (Å²) in [5.74, 6) is -0.785. The van der Waals surface area contributed by atoms with Crippen molar-refractivity contribution in [2.75, 3.05) is 20.0 Å². The van der Waals surface area contributed by atoms with Crippen LogP contribution in [0.4, 0.5) is 0 Å². The van der Waals surface area contributed by atoms with Crippen LogP contribution in [0.2, 0.25) is 0 Å². The van der Waals surface area contributed by atoms with Gasteiger partial charge in [-0.05, 0) is 31.4 Å². The molecule has 0 bridgehead atoms. The van der Waals surface area contributed by atoms with E-state index in [0.29, 0.717) is 11.3 Å². The monoisotopic (exact) mass is 254 g/mol. The zero-order valence-electron chi connectivity index (χ0n) is 9.98. The van der Waals surface area contributed by atoms with Crippen LogP contribution in [0.15, 0.2) is 23.1 Å². The highest BCUT2D eigenvalue weighted by atomic mass is 32.2. The molecule has 0 aliphatic rings. The lowest BCUT2D eigenvalue weighted by atomic mass is 10.1. The molecule has 0 aliphatic carbocycles. The molecule has 0 saturated carbocycles. The molecule has 0 fully saturated rings. The number of esters is 1. The lowest BCUT2D eigenvalue weighted by Gasteiger charge is -2.07. The van der Waals surface area contributed by atoms with Crippen LogP contribution in [0.25, 0.3) is 0 Å². The summed E-state index contributed by atoms with van der Waals surface area (Å²) in [7, 11) is 1.56. The number of Topliss-reactive ketones (excluding diaryl/α,β-unsaturated/α-hetero) is 1. The van der Waals surface area contributed by atoms with Crippen LogP contribution >= 0.6 is 11.8 Å². The maximum absolute atomic E-state index is 11.7. The number of carbonyl (C=O) groups excluding carboxylic acids is 2. The molecule has 0 spiro atoms. The largest absolute Gasteiger partial charge is 0.496 e. The fourth-order valence-corrected chi connectivity index (χ4v) is 1.89. The van der Waals surface area contributed by atoms with Gasteiger partial charge in [0, 0.05) is 10.5 Å². The molecule has 1 aromatic carbocycles. The SMILES string of the molecule is CCOC(=O)C(=O)c1ccc(OC)c(SC)c1. The number of benzene rings is 1. The molecular weight excluding hydrogens is 240 g/mol. The second-order valence-electron chi connectivity index (χ2n) is 3.12. The van der Waals surface area contributed by atoms with Crippen molar-refractivity contribution in [3.05, 3.63) is 23.8 Å². The maximum Gasteiger partial charge on any atom is 0.379 e. The number of carbonyl (C=O) groups is 2. The first-order valence-electron chi connectivity index (χ1n) is 5.07. The molecule has 4 nitrogen and oxygen atoms in total. The van der Waals surface area contributed by atoms with Crippen LogP contribution in [0.1, 0.15) is 17.3 Å². The molecule has 0 atom stereocenters. The standard InChI is InChI=1S/C12H14O4S/c1-4-16-12(14)11(13)8-5-6-9(15-2)10(7-8)17-3/h5-7H,4H2,1-3H3. The predicted molar refractivity (Wildman–Crippen MR) is 65.7 cm³/mol. The van der Waals surface area contributed by atoms with Gasteiger partial charge in [-0.3, -0.25) is 4.79 Å². The van der Waals surface area contributed by atoms with Crippen LogP contribution in [0, 0.1) is 0 Å². The van der Waals surface area contributed by atoms with E-state index in [4.69, 9.17) is 4.74 Å². The van der Waals surface area contributed by atoms with Crippen LogP contribution in [-0.4, -0.2) is 31.7 Å². The minimum absolute atomic E-state index is 0.191. The fraction of sp³-hybridized carbons (Fsp3) is 0.333. The quantitative estimate of drug-likeness (QED) is 0.349. The molecule has 5 heteroatoms. The van der Waals surface area contributed by atoms with E-state index in [0.717, 1.165) is 4.90 Å². The molecule has 0 amide bonds. The van der Waals surface area contributed by atoms with Gasteiger partial charge in [-0.25, -0.2) is 4.79 Å². The van der Waals surface area contributed by atoms with Gasteiger partial charge >= 0.3 is 5.97 Å². The van der Waals surface area contributed by atoms with E-state index in [1.54, 1.807) is 32.2 Å². The minimum Gasteiger partial charge on any atom is -0.496 e. The van der Waals surface area contributed by atoms with Crippen molar-refractivity contribution in [1.29, 1.82) is 0 Å². The van der Waals surface area contributed by atoms with Gasteiger partial charge in [-0.15, -0.1) is 11.8 Å². The van der Waals surface area contributed by atoms with Crippen molar-refractivity contribution in [2.24, 2.45) is 0 Å². The Bertz CT molecular complexity index is 429. The number of hydrogen-bond acceptors (Lipinski definition) is 5. The van der Waals surface area contributed by atoms with E-state index in [2.05, 4.69) is 4.74 Å². The zero-order valence-corrected chi connectivity index (χ0v) is 10.8. The third kappa shape index (κ3) is 3.23. The van der Waals surface area contributed by atoms with Crippen LogP contribution in [0.3, 0.4) is 0 Å². The topological polar surface area (TPSA) is 52.6 Å². The summed E-state index contributed by atoms with van der Waals surface area (Å²) in [6.07, 6.45) is 1.87. The van der Waals surface area contributed by atoms with E-state index in [1.807, 2.05) is 6.26 Å². The van der Waals surface area contributed by atoms with Crippen LogP contribution in [0.5, 0.6) is 5.75 Å². The van der Waals surface area contributed by atoms with E-state index in [9.17, 15) is 9.59 Å². The van der Waals surface area contributed by atoms with Crippen LogP contribution < -0.4 is 4.74 Å². The third-order valence-electron chi connectivity index (χ3n) is 2.11. The minimum atomic E-state index is -0.829. The van der Waals surface area contributed by atoms with E-state index in [-0.39, 0.29) is 6.61 Å². The van der Waals surface area contributed by atoms with Gasteiger partial charge in [0.1, 0.15) is 5.75 Å². The van der Waals surface area contributed by atoms with Crippen molar-refractivity contribution in [1.82, 2.24) is 0 Å². The molecule has 0 aromatic heterocycles. The first kappa shape index (κ1) is 13.6. The normalized spacial score (nSPS) is 9.82. The van der Waals surface area contributed by atoms with Gasteiger partial charge in [0.25, 0.3) is 5.78 Å². The fourth-order valence-electron chi connectivity index (χ4n) is 1.29. The molecular formula is C12H14O4S. The van der Waals surface area contributed by atoms with Gasteiger partial charge < -0.3 is 9.47 Å². The summed E-state index contributed by atoms with van der Waals surface area (Å²) in [6, 6.07) is 4.85. The number of rotatable bonds is 5. The smallest absolute Gasteiger partial charge is 0.379 e. The first-order chi connectivity index (χ1) is 8.13. The predicted octanol–water partition coefficient (Wildman–Crippen LogP) is 2.16. The highest BCUT2D eigenvalue weighted by molar-refractivity contribution is 7.98. The Kier molecular flexibility index (Phi) is 5.03. The average molecular weight is 254 g/mol. The molecule has 0 radical (unpaired) electrons. The summed E-state index contributed by atoms with van der Waals surface area (Å²) in [5.41, 5.74) is 0.314. The van der Waals surface area contributed by atoms with Gasteiger partial charge in [-0.2, -0.15) is 0 Å². The third-order valence-corrected chi connectivity index (χ3v) is 2.87. The van der Waals surface area contributed by atoms with E-state index < -0.39 is 11.8 Å². The Balaban J connectivity index is 2.99. The Morgan fingerprint density at radius 1 is 1.35 bits per heavy atom. The highest BCUT2D eigenvalue weighted by Gasteiger charge is 2.18. The van der Waals surface area contributed by atoms with Crippen molar-refractivity contribution < 1.29 is 19.1 Å². The Morgan fingerprint density at radius 3 is 2.59 bits per heavy atom. The molecule has 0 aliphatic heterocycles. The summed E-state index contributed by atoms with van der Waals surface area (Å²) < 4.78 is 9.79. The number of methoxy groups -OCH3 is 1. The Morgan fingerprint density at radius 2 is 2.06 bits per heavy atom. The van der Waals surface area contributed by atoms with E-state index in [1.165, 1.54) is 11.8 Å². The number of hydrogen-bond donors (Lipinski definition) is 0. The van der Waals surface area contributed by atoms with Crippen molar-refractivity contribution in [3.63, 3.8) is 0 Å². The van der Waals surface area contributed by atoms with Gasteiger partial charge in [-0.1, -0.05) is 0 Å². The molecule has 0 unspecified atom stereocenters. The van der Waals surface area contributed by atoms with Crippen molar-refractivity contribution in [2.45, 2.75) is 11.8 Å². The molecule has 0 heterocycles. The lowest BCUT2D eigenvalue weighted by molar-refractivity contribution is -0.137. The van der Waals surface area contributed by atoms with Crippen molar-refractivity contribution >= 4 is 23.5 Å². The molecule has 1 aromatic rings. The lowest BCUT2D eigenvalue weighted by Crippen LogP contribution is -2.17. The number of ether oxygens (including phenoxy) is 2. The van der Waals surface area contributed by atoms with Crippen molar-refractivity contribution in [3.8, 4) is 5.75 Å². The van der Waals surface area contributed by atoms with E-state index >= 15 is 0 Å². The number of ketones is 1.